The molecule has 1 heterocycles. The summed E-state index contributed by atoms with van der Waals surface area (Å²) in [6, 6.07) is 5.43. The Morgan fingerprint density at radius 1 is 1.11 bits per heavy atom. The predicted octanol–water partition coefficient (Wildman–Crippen LogP) is 3.53. The van der Waals surface area contributed by atoms with E-state index < -0.39 is 22.7 Å². The molecule has 150 valence electrons. The zero-order valence-electron chi connectivity index (χ0n) is 15.4. The van der Waals surface area contributed by atoms with E-state index in [0.717, 1.165) is 25.3 Å². The predicted molar refractivity (Wildman–Crippen MR) is 96.2 cm³/mol. The molecule has 4 nitrogen and oxygen atoms in total. The maximum atomic E-state index is 13.2. The van der Waals surface area contributed by atoms with Gasteiger partial charge in [-0.2, -0.15) is 13.2 Å². The molecule has 3 N–H and O–H groups in total. The number of rotatable bonds is 4. The summed E-state index contributed by atoms with van der Waals surface area (Å²) in [5.41, 5.74) is 4.79. The van der Waals surface area contributed by atoms with E-state index in [2.05, 4.69) is 5.32 Å². The van der Waals surface area contributed by atoms with Crippen molar-refractivity contribution in [3.8, 4) is 0 Å². The number of benzene rings is 1. The van der Waals surface area contributed by atoms with Crippen molar-refractivity contribution in [3.05, 3.63) is 35.4 Å². The first-order valence-electron chi connectivity index (χ1n) is 9.58. The van der Waals surface area contributed by atoms with Crippen LogP contribution in [0.5, 0.6) is 0 Å². The highest BCUT2D eigenvalue weighted by atomic mass is 19.4. The van der Waals surface area contributed by atoms with Crippen LogP contribution < -0.4 is 11.1 Å². The minimum absolute atomic E-state index is 0.194. The largest absolute Gasteiger partial charge is 0.416 e. The van der Waals surface area contributed by atoms with E-state index in [9.17, 15) is 18.0 Å². The van der Waals surface area contributed by atoms with Crippen LogP contribution in [-0.4, -0.2) is 31.2 Å². The lowest BCUT2D eigenvalue weighted by molar-refractivity contribution is -0.137. The number of nitrogens with two attached hydrogens (primary N) is 1. The third-order valence-corrected chi connectivity index (χ3v) is 6.04. The molecular weight excluding hydrogens is 357 g/mol. The Bertz CT molecular complexity index is 663. The summed E-state index contributed by atoms with van der Waals surface area (Å²) in [5, 5.41) is 2.96. The van der Waals surface area contributed by atoms with Gasteiger partial charge in [0.1, 0.15) is 0 Å². The van der Waals surface area contributed by atoms with Crippen LogP contribution in [0.1, 0.15) is 56.1 Å². The molecule has 0 atom stereocenters. The number of ether oxygens (including phenoxy) is 1. The zero-order valence-corrected chi connectivity index (χ0v) is 15.4. The Morgan fingerprint density at radius 3 is 2.41 bits per heavy atom. The molecule has 0 radical (unpaired) electrons. The highest BCUT2D eigenvalue weighted by molar-refractivity contribution is 5.86. The van der Waals surface area contributed by atoms with Gasteiger partial charge in [0.2, 0.25) is 5.91 Å². The van der Waals surface area contributed by atoms with Crippen LogP contribution in [0.2, 0.25) is 0 Å². The molecule has 1 amide bonds. The molecule has 7 heteroatoms. The Labute approximate surface area is 157 Å². The topological polar surface area (TPSA) is 64.4 Å². The zero-order chi connectivity index (χ0) is 19.5. The number of carbonyl (C=O) groups is 1. The van der Waals surface area contributed by atoms with Crippen LogP contribution in [-0.2, 0) is 21.1 Å². The molecule has 0 spiro atoms. The minimum atomic E-state index is -4.39. The highest BCUT2D eigenvalue weighted by Crippen LogP contribution is 2.38. The summed E-state index contributed by atoms with van der Waals surface area (Å²) in [5.74, 6) is -0.194. The maximum Gasteiger partial charge on any atom is 0.416 e. The number of halogens is 3. The van der Waals surface area contributed by atoms with E-state index in [4.69, 9.17) is 10.5 Å². The molecule has 1 aliphatic heterocycles. The average Bonchev–Trinajstić information content (AvgIpc) is 2.67. The molecule has 1 aliphatic carbocycles. The van der Waals surface area contributed by atoms with Gasteiger partial charge in [0.25, 0.3) is 0 Å². The van der Waals surface area contributed by atoms with Crippen molar-refractivity contribution in [2.75, 3.05) is 19.8 Å². The number of carbonyl (C=O) groups excluding carboxylic acids is 1. The van der Waals surface area contributed by atoms with Crippen molar-refractivity contribution in [2.24, 2.45) is 5.73 Å². The fourth-order valence-corrected chi connectivity index (χ4v) is 4.19. The molecule has 0 unspecified atom stereocenters. The molecule has 0 bridgehead atoms. The van der Waals surface area contributed by atoms with Crippen molar-refractivity contribution < 1.29 is 22.7 Å². The van der Waals surface area contributed by atoms with Gasteiger partial charge in [-0.3, -0.25) is 4.79 Å². The summed E-state index contributed by atoms with van der Waals surface area (Å²) in [7, 11) is 0. The first-order valence-corrected chi connectivity index (χ1v) is 9.58. The number of hydrogen-bond acceptors (Lipinski definition) is 3. The van der Waals surface area contributed by atoms with Crippen LogP contribution >= 0.6 is 0 Å². The Hall–Kier alpha value is -1.60. The molecule has 2 fully saturated rings. The minimum Gasteiger partial charge on any atom is -0.381 e. The Balaban J connectivity index is 1.80. The van der Waals surface area contributed by atoms with Crippen molar-refractivity contribution in [3.63, 3.8) is 0 Å². The first-order chi connectivity index (χ1) is 12.8. The number of hydrogen-bond donors (Lipinski definition) is 2. The SMILES string of the molecule is NC1(C(=O)NCC2(c3cccc(C(F)(F)F)c3)CCOCC2)CCCCC1. The molecule has 1 saturated heterocycles. The second kappa shape index (κ2) is 7.80. The van der Waals surface area contributed by atoms with Gasteiger partial charge >= 0.3 is 6.18 Å². The van der Waals surface area contributed by atoms with E-state index in [-0.39, 0.29) is 12.5 Å². The first kappa shape index (κ1) is 20.1. The molecule has 27 heavy (non-hydrogen) atoms. The maximum absolute atomic E-state index is 13.2. The van der Waals surface area contributed by atoms with Crippen LogP contribution in [0.15, 0.2) is 24.3 Å². The lowest BCUT2D eigenvalue weighted by atomic mass is 9.73. The van der Waals surface area contributed by atoms with Gasteiger partial charge in [0.05, 0.1) is 11.1 Å². The summed E-state index contributed by atoms with van der Waals surface area (Å²) < 4.78 is 44.9. The lowest BCUT2D eigenvalue weighted by Gasteiger charge is -2.40. The van der Waals surface area contributed by atoms with Crippen LogP contribution in [0.25, 0.3) is 0 Å². The van der Waals surface area contributed by atoms with Crippen molar-refractivity contribution in [1.82, 2.24) is 5.32 Å². The lowest BCUT2D eigenvalue weighted by Crippen LogP contribution is -2.57. The molecule has 1 aromatic carbocycles. The second-order valence-electron chi connectivity index (χ2n) is 7.87. The van der Waals surface area contributed by atoms with E-state index >= 15 is 0 Å². The van der Waals surface area contributed by atoms with E-state index in [1.807, 2.05) is 0 Å². The average molecular weight is 384 g/mol. The summed E-state index contributed by atoms with van der Waals surface area (Å²) in [4.78, 5) is 12.7. The highest BCUT2D eigenvalue weighted by Gasteiger charge is 2.40. The molecule has 2 aliphatic rings. The third-order valence-electron chi connectivity index (χ3n) is 6.04. The fourth-order valence-electron chi connectivity index (χ4n) is 4.19. The number of alkyl halides is 3. The van der Waals surface area contributed by atoms with Gasteiger partial charge < -0.3 is 15.8 Å². The molecule has 1 aromatic rings. The summed E-state index contributed by atoms with van der Waals surface area (Å²) in [6.45, 7) is 1.19. The second-order valence-corrected chi connectivity index (χ2v) is 7.87. The normalized spacial score (nSPS) is 22.2. The standard InChI is InChI=1S/C20H27F3N2O2/c21-20(22,23)16-6-4-5-15(13-16)18(9-11-27-12-10-18)14-25-17(26)19(24)7-2-1-3-8-19/h4-6,13H,1-3,7-12,14,24H2,(H,25,26). The van der Waals surface area contributed by atoms with Gasteiger partial charge in [-0.25, -0.2) is 0 Å². The summed E-state index contributed by atoms with van der Waals surface area (Å²) >= 11 is 0. The quantitative estimate of drug-likeness (QED) is 0.835. The van der Waals surface area contributed by atoms with Crippen LogP contribution in [0.3, 0.4) is 0 Å². The number of nitrogens with one attached hydrogen (secondary N) is 1. The number of amides is 1. The summed E-state index contributed by atoms with van der Waals surface area (Å²) in [6.07, 6.45) is 0.967. The van der Waals surface area contributed by atoms with E-state index in [1.54, 1.807) is 6.07 Å². The molecule has 3 rings (SSSR count). The van der Waals surface area contributed by atoms with Gasteiger partial charge in [-0.05, 0) is 37.3 Å². The van der Waals surface area contributed by atoms with Crippen LogP contribution in [0, 0.1) is 0 Å². The van der Waals surface area contributed by atoms with E-state index in [1.165, 1.54) is 12.1 Å². The third kappa shape index (κ3) is 4.46. The molecule has 0 aromatic heterocycles. The smallest absolute Gasteiger partial charge is 0.381 e. The van der Waals surface area contributed by atoms with Crippen molar-refractivity contribution in [2.45, 2.75) is 62.1 Å². The van der Waals surface area contributed by atoms with Crippen molar-refractivity contribution in [1.29, 1.82) is 0 Å². The van der Waals surface area contributed by atoms with Gasteiger partial charge in [0.15, 0.2) is 0 Å². The Kier molecular flexibility index (Phi) is 5.82. The van der Waals surface area contributed by atoms with Gasteiger partial charge in [-0.15, -0.1) is 0 Å². The van der Waals surface area contributed by atoms with Gasteiger partial charge in [0, 0.05) is 25.2 Å². The molecule has 1 saturated carbocycles. The van der Waals surface area contributed by atoms with Gasteiger partial charge in [-0.1, -0.05) is 37.5 Å². The molecular formula is C20H27F3N2O2. The monoisotopic (exact) mass is 384 g/mol. The fraction of sp³-hybridized carbons (Fsp3) is 0.650. The Morgan fingerprint density at radius 2 is 1.78 bits per heavy atom. The van der Waals surface area contributed by atoms with Crippen molar-refractivity contribution >= 4 is 5.91 Å². The van der Waals surface area contributed by atoms with Crippen LogP contribution in [0.4, 0.5) is 13.2 Å². The van der Waals surface area contributed by atoms with E-state index in [0.29, 0.717) is 44.5 Å².